The summed E-state index contributed by atoms with van der Waals surface area (Å²) in [7, 11) is -3.77. The lowest BCUT2D eigenvalue weighted by molar-refractivity contribution is 0.126. The monoisotopic (exact) mass is 311 g/mol. The van der Waals surface area contributed by atoms with Crippen LogP contribution in [0, 0.1) is 19.8 Å². The molecule has 1 aromatic carbocycles. The summed E-state index contributed by atoms with van der Waals surface area (Å²) >= 11 is 0. The number of nitrogens with two attached hydrogens (primary N) is 1. The van der Waals surface area contributed by atoms with E-state index in [1.165, 1.54) is 6.42 Å². The molecule has 1 fully saturated rings. The summed E-state index contributed by atoms with van der Waals surface area (Å²) in [4.78, 5) is 0.109. The summed E-state index contributed by atoms with van der Waals surface area (Å²) in [6.07, 6.45) is 5.56. The molecular weight excluding hydrogens is 286 g/mol. The maximum absolute atomic E-state index is 11.8. The van der Waals surface area contributed by atoms with Crippen molar-refractivity contribution in [2.75, 3.05) is 0 Å². The molecule has 0 saturated heterocycles. The summed E-state index contributed by atoms with van der Waals surface area (Å²) in [5, 5.41) is 5.34. The molecule has 0 heterocycles. The van der Waals surface area contributed by atoms with E-state index in [4.69, 9.17) is 9.88 Å². The lowest BCUT2D eigenvalue weighted by Gasteiger charge is -2.29. The number of ether oxygens (including phenoxy) is 1. The van der Waals surface area contributed by atoms with Gasteiger partial charge in [-0.05, 0) is 62.6 Å². The van der Waals surface area contributed by atoms with Crippen LogP contribution in [-0.4, -0.2) is 14.5 Å². The summed E-state index contributed by atoms with van der Waals surface area (Å²) in [6.45, 7) is 5.95. The molecule has 2 rings (SSSR count). The van der Waals surface area contributed by atoms with Crippen molar-refractivity contribution >= 4 is 10.0 Å². The average molecular weight is 311 g/mol. The third-order valence-electron chi connectivity index (χ3n) is 4.35. The second kappa shape index (κ2) is 6.36. The van der Waals surface area contributed by atoms with Crippen molar-refractivity contribution in [2.24, 2.45) is 11.1 Å². The fourth-order valence-electron chi connectivity index (χ4n) is 3.10. The predicted molar refractivity (Wildman–Crippen MR) is 84.0 cm³/mol. The first-order valence-electron chi connectivity index (χ1n) is 7.62. The van der Waals surface area contributed by atoms with E-state index in [-0.39, 0.29) is 11.0 Å². The molecular formula is C16H25NO3S. The van der Waals surface area contributed by atoms with Gasteiger partial charge < -0.3 is 4.74 Å². The van der Waals surface area contributed by atoms with Crippen molar-refractivity contribution in [1.82, 2.24) is 0 Å². The van der Waals surface area contributed by atoms with Crippen LogP contribution in [0.5, 0.6) is 5.75 Å². The SMILES string of the molecule is CCC1CCC(Oc2c(C)cc(C)cc2S(N)(=O)=O)CC1. The molecule has 4 nitrogen and oxygen atoms in total. The van der Waals surface area contributed by atoms with E-state index in [1.54, 1.807) is 6.07 Å². The molecule has 118 valence electrons. The van der Waals surface area contributed by atoms with Gasteiger partial charge in [0.2, 0.25) is 10.0 Å². The highest BCUT2D eigenvalue weighted by Crippen LogP contribution is 2.34. The second-order valence-electron chi connectivity index (χ2n) is 6.12. The number of rotatable bonds is 4. The van der Waals surface area contributed by atoms with Gasteiger partial charge in [0.25, 0.3) is 0 Å². The summed E-state index contributed by atoms with van der Waals surface area (Å²) in [5.41, 5.74) is 1.70. The Labute approximate surface area is 127 Å². The summed E-state index contributed by atoms with van der Waals surface area (Å²) in [6, 6.07) is 3.52. The molecule has 0 bridgehead atoms. The largest absolute Gasteiger partial charge is 0.489 e. The van der Waals surface area contributed by atoms with Gasteiger partial charge in [-0.15, -0.1) is 0 Å². The van der Waals surface area contributed by atoms with E-state index in [1.807, 2.05) is 19.9 Å². The number of primary sulfonamides is 1. The van der Waals surface area contributed by atoms with E-state index in [2.05, 4.69) is 6.92 Å². The van der Waals surface area contributed by atoms with Crippen LogP contribution in [0.2, 0.25) is 0 Å². The normalized spacial score (nSPS) is 23.0. The Balaban J connectivity index is 2.24. The van der Waals surface area contributed by atoms with Crippen LogP contribution in [0.4, 0.5) is 0 Å². The number of sulfonamides is 1. The van der Waals surface area contributed by atoms with Crippen molar-refractivity contribution in [3.63, 3.8) is 0 Å². The Hall–Kier alpha value is -1.07. The van der Waals surface area contributed by atoms with Crippen LogP contribution in [0.1, 0.15) is 50.2 Å². The van der Waals surface area contributed by atoms with Gasteiger partial charge in [-0.3, -0.25) is 0 Å². The van der Waals surface area contributed by atoms with Crippen molar-refractivity contribution in [1.29, 1.82) is 0 Å². The minimum atomic E-state index is -3.77. The third-order valence-corrected chi connectivity index (χ3v) is 5.26. The topological polar surface area (TPSA) is 69.4 Å². The van der Waals surface area contributed by atoms with Crippen LogP contribution in [0.15, 0.2) is 17.0 Å². The zero-order chi connectivity index (χ0) is 15.6. The Morgan fingerprint density at radius 1 is 1.19 bits per heavy atom. The number of aryl methyl sites for hydroxylation is 2. The molecule has 5 heteroatoms. The quantitative estimate of drug-likeness (QED) is 0.927. The van der Waals surface area contributed by atoms with E-state index in [9.17, 15) is 8.42 Å². The smallest absolute Gasteiger partial charge is 0.241 e. The van der Waals surface area contributed by atoms with E-state index >= 15 is 0 Å². The van der Waals surface area contributed by atoms with Crippen LogP contribution < -0.4 is 9.88 Å². The average Bonchev–Trinajstić information content (AvgIpc) is 2.41. The van der Waals surface area contributed by atoms with Crippen LogP contribution in [-0.2, 0) is 10.0 Å². The molecule has 21 heavy (non-hydrogen) atoms. The first-order valence-corrected chi connectivity index (χ1v) is 9.16. The molecule has 1 aromatic rings. The minimum Gasteiger partial charge on any atom is -0.489 e. The van der Waals surface area contributed by atoms with Crippen molar-refractivity contribution in [3.8, 4) is 5.75 Å². The molecule has 0 aromatic heterocycles. The van der Waals surface area contributed by atoms with Gasteiger partial charge in [0, 0.05) is 0 Å². The van der Waals surface area contributed by atoms with Crippen molar-refractivity contribution in [2.45, 2.75) is 63.9 Å². The fraction of sp³-hybridized carbons (Fsp3) is 0.625. The van der Waals surface area contributed by atoms with Crippen LogP contribution >= 0.6 is 0 Å². The van der Waals surface area contributed by atoms with Crippen molar-refractivity contribution in [3.05, 3.63) is 23.3 Å². The van der Waals surface area contributed by atoms with Gasteiger partial charge in [0.1, 0.15) is 10.6 Å². The molecule has 0 spiro atoms. The Morgan fingerprint density at radius 3 is 2.33 bits per heavy atom. The van der Waals surface area contributed by atoms with E-state index < -0.39 is 10.0 Å². The second-order valence-corrected chi connectivity index (χ2v) is 7.65. The molecule has 0 unspecified atom stereocenters. The van der Waals surface area contributed by atoms with Gasteiger partial charge in [0.15, 0.2) is 0 Å². The molecule has 1 saturated carbocycles. The zero-order valence-corrected chi connectivity index (χ0v) is 13.9. The zero-order valence-electron chi connectivity index (χ0n) is 13.1. The molecule has 2 N–H and O–H groups in total. The molecule has 1 aliphatic carbocycles. The molecule has 0 radical (unpaired) electrons. The maximum Gasteiger partial charge on any atom is 0.241 e. The summed E-state index contributed by atoms with van der Waals surface area (Å²) in [5.74, 6) is 1.21. The first-order chi connectivity index (χ1) is 9.81. The van der Waals surface area contributed by atoms with Gasteiger partial charge >= 0.3 is 0 Å². The van der Waals surface area contributed by atoms with Crippen LogP contribution in [0.3, 0.4) is 0 Å². The Morgan fingerprint density at radius 2 is 1.81 bits per heavy atom. The number of hydrogen-bond donors (Lipinski definition) is 1. The maximum atomic E-state index is 11.8. The standard InChI is InChI=1S/C16H25NO3S/c1-4-13-5-7-14(8-6-13)20-16-12(3)9-11(2)10-15(16)21(17,18)19/h9-10,13-14H,4-8H2,1-3H3,(H2,17,18,19). The summed E-state index contributed by atoms with van der Waals surface area (Å²) < 4.78 is 29.6. The van der Waals surface area contributed by atoms with Gasteiger partial charge in [0.05, 0.1) is 6.10 Å². The van der Waals surface area contributed by atoms with E-state index in [0.29, 0.717) is 5.75 Å². The van der Waals surface area contributed by atoms with E-state index in [0.717, 1.165) is 42.7 Å². The van der Waals surface area contributed by atoms with Gasteiger partial charge in [-0.25, -0.2) is 13.6 Å². The lowest BCUT2D eigenvalue weighted by atomic mass is 9.86. The molecule has 0 amide bonds. The first kappa shape index (κ1) is 16.3. The van der Waals surface area contributed by atoms with Crippen molar-refractivity contribution < 1.29 is 13.2 Å². The van der Waals surface area contributed by atoms with Gasteiger partial charge in [-0.2, -0.15) is 0 Å². The molecule has 0 aliphatic heterocycles. The van der Waals surface area contributed by atoms with Gasteiger partial charge in [-0.1, -0.05) is 19.4 Å². The third kappa shape index (κ3) is 3.98. The number of hydrogen-bond acceptors (Lipinski definition) is 3. The predicted octanol–water partition coefficient (Wildman–Crippen LogP) is 3.30. The number of benzene rings is 1. The highest BCUT2D eigenvalue weighted by molar-refractivity contribution is 7.89. The minimum absolute atomic E-state index is 0.0923. The Bertz CT molecular complexity index is 602. The fourth-order valence-corrected chi connectivity index (χ4v) is 3.92. The molecule has 1 aliphatic rings. The highest BCUT2D eigenvalue weighted by Gasteiger charge is 2.25. The Kier molecular flexibility index (Phi) is 4.94. The van der Waals surface area contributed by atoms with Crippen LogP contribution in [0.25, 0.3) is 0 Å². The molecule has 0 atom stereocenters. The lowest BCUT2D eigenvalue weighted by Crippen LogP contribution is -2.25. The highest BCUT2D eigenvalue weighted by atomic mass is 32.2.